The maximum Gasteiger partial charge on any atom is 0.256 e. The van der Waals surface area contributed by atoms with Crippen LogP contribution in [-0.4, -0.2) is 16.3 Å². The van der Waals surface area contributed by atoms with E-state index in [2.05, 4.69) is 15.0 Å². The number of hydrogen-bond acceptors (Lipinski definition) is 4. The molecule has 100 valence electrons. The van der Waals surface area contributed by atoms with Crippen LogP contribution < -0.4 is 11.3 Å². The average molecular weight is 276 g/mol. The normalized spacial score (nSPS) is 11.6. The van der Waals surface area contributed by atoms with E-state index in [0.717, 1.165) is 16.8 Å². The van der Waals surface area contributed by atoms with Crippen molar-refractivity contribution in [2.24, 2.45) is 10.7 Å². The van der Waals surface area contributed by atoms with Gasteiger partial charge in [-0.3, -0.25) is 9.78 Å². The molecule has 0 aliphatic rings. The van der Waals surface area contributed by atoms with Crippen LogP contribution in [0.3, 0.4) is 0 Å². The molecule has 5 nitrogen and oxygen atoms in total. The highest BCUT2D eigenvalue weighted by Crippen LogP contribution is 2.30. The van der Waals surface area contributed by atoms with Gasteiger partial charge in [0, 0.05) is 5.56 Å². The molecular formula is C13H16N4OS. The molecule has 0 aliphatic carbocycles. The van der Waals surface area contributed by atoms with Crippen molar-refractivity contribution in [1.29, 1.82) is 0 Å². The van der Waals surface area contributed by atoms with E-state index in [1.807, 2.05) is 32.2 Å². The Morgan fingerprint density at radius 3 is 2.79 bits per heavy atom. The van der Waals surface area contributed by atoms with E-state index < -0.39 is 0 Å². The molecule has 19 heavy (non-hydrogen) atoms. The Kier molecular flexibility index (Phi) is 3.80. The number of aryl methyl sites for hydroxylation is 1. The average Bonchev–Trinajstić information content (AvgIpc) is 2.75. The Labute approximate surface area is 115 Å². The summed E-state index contributed by atoms with van der Waals surface area (Å²) >= 11 is 1.57. The summed E-state index contributed by atoms with van der Waals surface area (Å²) in [5, 5.41) is 2.04. The van der Waals surface area contributed by atoms with E-state index in [0.29, 0.717) is 11.3 Å². The van der Waals surface area contributed by atoms with Gasteiger partial charge in [0.1, 0.15) is 0 Å². The van der Waals surface area contributed by atoms with Crippen molar-refractivity contribution in [3.05, 3.63) is 32.9 Å². The van der Waals surface area contributed by atoms with Gasteiger partial charge in [-0.25, -0.2) is 9.98 Å². The lowest BCUT2D eigenvalue weighted by molar-refractivity contribution is 0.835. The first-order valence-corrected chi connectivity index (χ1v) is 6.85. The first-order valence-electron chi connectivity index (χ1n) is 5.97. The summed E-state index contributed by atoms with van der Waals surface area (Å²) in [6.07, 6.45) is 1.12. The van der Waals surface area contributed by atoms with Gasteiger partial charge in [-0.05, 0) is 29.9 Å². The molecule has 0 saturated heterocycles. The highest BCUT2D eigenvalue weighted by atomic mass is 32.1. The predicted octanol–water partition coefficient (Wildman–Crippen LogP) is 2.55. The number of aliphatic imine (C=N–C) groups is 1. The van der Waals surface area contributed by atoms with Crippen molar-refractivity contribution in [2.45, 2.75) is 26.7 Å². The zero-order chi connectivity index (χ0) is 14.0. The Morgan fingerprint density at radius 1 is 1.53 bits per heavy atom. The zero-order valence-electron chi connectivity index (χ0n) is 11.1. The van der Waals surface area contributed by atoms with Gasteiger partial charge in [-0.2, -0.15) is 0 Å². The summed E-state index contributed by atoms with van der Waals surface area (Å²) in [5.41, 5.74) is 7.61. The molecule has 0 radical (unpaired) electrons. The SMILES string of the molecule is Cc1csc(-c2nc(N=CN)[nH]c(=O)c2C(C)C)c1. The number of thiophene rings is 1. The molecule has 2 heterocycles. The molecular weight excluding hydrogens is 260 g/mol. The van der Waals surface area contributed by atoms with E-state index in [-0.39, 0.29) is 17.4 Å². The number of hydrogen-bond donors (Lipinski definition) is 2. The number of aromatic amines is 1. The van der Waals surface area contributed by atoms with Crippen LogP contribution in [0.5, 0.6) is 0 Å². The van der Waals surface area contributed by atoms with Gasteiger partial charge in [-0.15, -0.1) is 11.3 Å². The number of H-pyrrole nitrogens is 1. The number of rotatable bonds is 3. The molecule has 0 bridgehead atoms. The standard InChI is InChI=1S/C13H16N4OS/c1-7(2)10-11(9-4-8(3)5-19-9)16-13(15-6-14)17-12(10)18/h4-7H,1-3H3,(H3,14,15,16,17,18). The van der Waals surface area contributed by atoms with Gasteiger partial charge in [0.25, 0.3) is 5.56 Å². The van der Waals surface area contributed by atoms with Crippen LogP contribution >= 0.6 is 11.3 Å². The van der Waals surface area contributed by atoms with Crippen molar-refractivity contribution in [3.63, 3.8) is 0 Å². The van der Waals surface area contributed by atoms with Gasteiger partial charge < -0.3 is 5.73 Å². The molecule has 0 fully saturated rings. The fourth-order valence-corrected chi connectivity index (χ4v) is 2.78. The Hall–Kier alpha value is -1.95. The van der Waals surface area contributed by atoms with E-state index in [1.165, 1.54) is 0 Å². The fourth-order valence-electron chi connectivity index (χ4n) is 1.88. The van der Waals surface area contributed by atoms with Crippen molar-refractivity contribution < 1.29 is 0 Å². The predicted molar refractivity (Wildman–Crippen MR) is 79.3 cm³/mol. The Morgan fingerprint density at radius 2 is 2.26 bits per heavy atom. The zero-order valence-corrected chi connectivity index (χ0v) is 11.9. The van der Waals surface area contributed by atoms with Gasteiger partial charge >= 0.3 is 0 Å². The number of nitrogens with one attached hydrogen (secondary N) is 1. The molecule has 2 aromatic heterocycles. The molecule has 0 aromatic carbocycles. The minimum Gasteiger partial charge on any atom is -0.390 e. The van der Waals surface area contributed by atoms with Crippen LogP contribution in [0.4, 0.5) is 5.95 Å². The van der Waals surface area contributed by atoms with Crippen molar-refractivity contribution >= 4 is 23.6 Å². The summed E-state index contributed by atoms with van der Waals surface area (Å²) in [6, 6.07) is 2.02. The van der Waals surface area contributed by atoms with Crippen molar-refractivity contribution in [1.82, 2.24) is 9.97 Å². The second-order valence-corrected chi connectivity index (χ2v) is 5.48. The second-order valence-electron chi connectivity index (χ2n) is 4.57. The second kappa shape index (κ2) is 5.36. The maximum atomic E-state index is 12.2. The molecule has 0 atom stereocenters. The third kappa shape index (κ3) is 2.73. The number of nitrogens with two attached hydrogens (primary N) is 1. The summed E-state index contributed by atoms with van der Waals surface area (Å²) in [5.74, 6) is 0.322. The molecule has 6 heteroatoms. The lowest BCUT2D eigenvalue weighted by atomic mass is 10.0. The largest absolute Gasteiger partial charge is 0.390 e. The molecule has 3 N–H and O–H groups in total. The van der Waals surface area contributed by atoms with Crippen LogP contribution in [0.25, 0.3) is 10.6 Å². The van der Waals surface area contributed by atoms with Crippen LogP contribution in [0, 0.1) is 6.92 Å². The highest BCUT2D eigenvalue weighted by Gasteiger charge is 2.17. The van der Waals surface area contributed by atoms with E-state index in [4.69, 9.17) is 5.73 Å². The maximum absolute atomic E-state index is 12.2. The molecule has 0 unspecified atom stereocenters. The highest BCUT2D eigenvalue weighted by molar-refractivity contribution is 7.13. The molecule has 2 rings (SSSR count). The monoisotopic (exact) mass is 276 g/mol. The molecule has 0 saturated carbocycles. The minimum absolute atomic E-state index is 0.0876. The summed E-state index contributed by atoms with van der Waals surface area (Å²) in [7, 11) is 0. The van der Waals surface area contributed by atoms with Crippen LogP contribution in [0.2, 0.25) is 0 Å². The molecule has 0 spiro atoms. The lowest BCUT2D eigenvalue weighted by Gasteiger charge is -2.09. The van der Waals surface area contributed by atoms with Gasteiger partial charge in [-0.1, -0.05) is 13.8 Å². The Bertz CT molecular complexity index is 670. The fraction of sp³-hybridized carbons (Fsp3) is 0.308. The molecule has 0 aliphatic heterocycles. The van der Waals surface area contributed by atoms with Gasteiger partial charge in [0.15, 0.2) is 0 Å². The third-order valence-corrected chi connectivity index (χ3v) is 3.74. The van der Waals surface area contributed by atoms with E-state index >= 15 is 0 Å². The molecule has 0 amide bonds. The van der Waals surface area contributed by atoms with Gasteiger partial charge in [0.2, 0.25) is 5.95 Å². The first kappa shape index (κ1) is 13.5. The first-order chi connectivity index (χ1) is 9.02. The number of nitrogens with zero attached hydrogens (tertiary/aromatic N) is 2. The van der Waals surface area contributed by atoms with Crippen molar-refractivity contribution in [2.75, 3.05) is 0 Å². The summed E-state index contributed by atoms with van der Waals surface area (Å²) in [6.45, 7) is 5.96. The minimum atomic E-state index is -0.161. The van der Waals surface area contributed by atoms with E-state index in [9.17, 15) is 4.79 Å². The van der Waals surface area contributed by atoms with Crippen LogP contribution in [-0.2, 0) is 0 Å². The van der Waals surface area contributed by atoms with Crippen molar-refractivity contribution in [3.8, 4) is 10.6 Å². The Balaban J connectivity index is 2.71. The summed E-state index contributed by atoms with van der Waals surface area (Å²) < 4.78 is 0. The van der Waals surface area contributed by atoms with E-state index in [1.54, 1.807) is 11.3 Å². The van der Waals surface area contributed by atoms with Crippen LogP contribution in [0.1, 0.15) is 30.9 Å². The smallest absolute Gasteiger partial charge is 0.256 e. The third-order valence-electron chi connectivity index (χ3n) is 2.68. The molecule has 2 aromatic rings. The lowest BCUT2D eigenvalue weighted by Crippen LogP contribution is -2.16. The topological polar surface area (TPSA) is 84.1 Å². The quantitative estimate of drug-likeness (QED) is 0.667. The summed E-state index contributed by atoms with van der Waals surface area (Å²) in [4.78, 5) is 24.0. The van der Waals surface area contributed by atoms with Gasteiger partial charge in [0.05, 0.1) is 16.9 Å². The number of aromatic nitrogens is 2. The van der Waals surface area contributed by atoms with Crippen LogP contribution in [0.15, 0.2) is 21.2 Å².